The van der Waals surface area contributed by atoms with Crippen molar-refractivity contribution in [3.05, 3.63) is 92.4 Å². The Balaban J connectivity index is 2.11. The lowest BCUT2D eigenvalue weighted by molar-refractivity contribution is -0.140. The van der Waals surface area contributed by atoms with Crippen LogP contribution in [0.2, 0.25) is 20.1 Å². The van der Waals surface area contributed by atoms with Crippen LogP contribution in [0.25, 0.3) is 0 Å². The number of benzene rings is 3. The maximum atomic E-state index is 14.0. The van der Waals surface area contributed by atoms with Gasteiger partial charge in [0, 0.05) is 32.7 Å². The van der Waals surface area contributed by atoms with Crippen molar-refractivity contribution in [3.63, 3.8) is 0 Å². The molecule has 40 heavy (non-hydrogen) atoms. The Bertz CT molecular complexity index is 1470. The van der Waals surface area contributed by atoms with Crippen molar-refractivity contribution in [2.24, 2.45) is 0 Å². The average molecular weight is 645 g/mol. The molecule has 0 aliphatic heterocycles. The molecule has 0 aromatic heterocycles. The number of sulfonamides is 1. The van der Waals surface area contributed by atoms with E-state index < -0.39 is 40.0 Å². The lowest BCUT2D eigenvalue weighted by Crippen LogP contribution is -2.54. The smallest absolute Gasteiger partial charge is 0.264 e. The van der Waals surface area contributed by atoms with Gasteiger partial charge in [-0.25, -0.2) is 8.42 Å². The predicted octanol–water partition coefficient (Wildman–Crippen LogP) is 6.83. The van der Waals surface area contributed by atoms with Crippen LogP contribution in [0.5, 0.6) is 0 Å². The van der Waals surface area contributed by atoms with E-state index in [-0.39, 0.29) is 27.2 Å². The molecule has 3 aromatic carbocycles. The van der Waals surface area contributed by atoms with Gasteiger partial charge in [-0.2, -0.15) is 0 Å². The minimum Gasteiger partial charge on any atom is -0.350 e. The number of hydrogen-bond donors (Lipinski definition) is 1. The van der Waals surface area contributed by atoms with Crippen LogP contribution >= 0.6 is 46.4 Å². The van der Waals surface area contributed by atoms with E-state index in [4.69, 9.17) is 46.4 Å². The van der Waals surface area contributed by atoms with E-state index in [1.165, 1.54) is 35.2 Å². The fourth-order valence-corrected chi connectivity index (χ4v) is 6.22. The van der Waals surface area contributed by atoms with Crippen LogP contribution in [0.15, 0.2) is 71.6 Å². The molecule has 0 saturated carbocycles. The van der Waals surface area contributed by atoms with Crippen molar-refractivity contribution in [2.45, 2.75) is 50.7 Å². The van der Waals surface area contributed by atoms with Gasteiger partial charge in [-0.1, -0.05) is 70.7 Å². The molecule has 0 fully saturated rings. The van der Waals surface area contributed by atoms with Gasteiger partial charge in [-0.15, -0.1) is 0 Å². The van der Waals surface area contributed by atoms with Gasteiger partial charge in [-0.05, 0) is 70.2 Å². The first-order valence-electron chi connectivity index (χ1n) is 12.2. The molecule has 0 heterocycles. The van der Waals surface area contributed by atoms with Crippen molar-refractivity contribution < 1.29 is 18.0 Å². The lowest BCUT2D eigenvalue weighted by atomic mass is 10.1. The summed E-state index contributed by atoms with van der Waals surface area (Å²) in [6, 6.07) is 15.8. The molecule has 0 radical (unpaired) electrons. The van der Waals surface area contributed by atoms with Gasteiger partial charge < -0.3 is 10.2 Å². The van der Waals surface area contributed by atoms with Crippen molar-refractivity contribution >= 4 is 73.9 Å². The Morgan fingerprint density at radius 3 is 2.05 bits per heavy atom. The molecule has 0 bridgehead atoms. The van der Waals surface area contributed by atoms with E-state index in [0.29, 0.717) is 15.6 Å². The molecule has 1 N–H and O–H groups in total. The lowest BCUT2D eigenvalue weighted by Gasteiger charge is -2.34. The first kappa shape index (κ1) is 32.0. The summed E-state index contributed by atoms with van der Waals surface area (Å²) in [5.41, 5.74) is -0.166. The number of hydrogen-bond acceptors (Lipinski definition) is 4. The summed E-state index contributed by atoms with van der Waals surface area (Å²) in [6.45, 7) is 6.13. The maximum absolute atomic E-state index is 14.0. The van der Waals surface area contributed by atoms with Gasteiger partial charge >= 0.3 is 0 Å². The normalized spacial score (nSPS) is 12.5. The second-order valence-corrected chi connectivity index (χ2v) is 13.6. The molecule has 1 atom stereocenters. The van der Waals surface area contributed by atoms with Crippen LogP contribution in [0.4, 0.5) is 5.69 Å². The summed E-state index contributed by atoms with van der Waals surface area (Å²) in [7, 11) is -4.30. The number of carbonyl (C=O) groups is 2. The van der Waals surface area contributed by atoms with Gasteiger partial charge in [0.25, 0.3) is 10.0 Å². The number of rotatable bonds is 9. The van der Waals surface area contributed by atoms with Crippen LogP contribution in [-0.4, -0.2) is 43.3 Å². The van der Waals surface area contributed by atoms with Crippen molar-refractivity contribution in [2.75, 3.05) is 10.8 Å². The number of carbonyl (C=O) groups excluding carboxylic acids is 2. The molecule has 0 saturated heterocycles. The number of anilines is 1. The Labute approximate surface area is 255 Å². The van der Waals surface area contributed by atoms with E-state index in [2.05, 4.69) is 5.32 Å². The first-order chi connectivity index (χ1) is 18.6. The summed E-state index contributed by atoms with van der Waals surface area (Å²) in [6.07, 6.45) is 0. The van der Waals surface area contributed by atoms with Crippen molar-refractivity contribution in [1.29, 1.82) is 0 Å². The highest BCUT2D eigenvalue weighted by atomic mass is 35.5. The quantitative estimate of drug-likeness (QED) is 0.277. The van der Waals surface area contributed by atoms with E-state index in [1.807, 2.05) is 20.8 Å². The zero-order valence-electron chi connectivity index (χ0n) is 22.3. The number of halogens is 4. The minimum absolute atomic E-state index is 0.00823. The highest BCUT2D eigenvalue weighted by Crippen LogP contribution is 2.34. The summed E-state index contributed by atoms with van der Waals surface area (Å²) < 4.78 is 28.6. The monoisotopic (exact) mass is 643 g/mol. The molecule has 1 unspecified atom stereocenters. The standard InChI is InChI=1S/C28H29Cl4N3O4S/c1-18(27(37)33-28(2,3)4)34(16-21-22(30)11-8-12-23(21)31)26(36)17-35(25-15-19(29)13-14-24(25)32)40(38,39)20-9-6-5-7-10-20/h5-15,18H,16-17H2,1-4H3,(H,33,37). The molecule has 0 spiro atoms. The summed E-state index contributed by atoms with van der Waals surface area (Å²) in [5, 5.41) is 3.73. The SMILES string of the molecule is CC(C(=O)NC(C)(C)C)N(Cc1c(Cl)cccc1Cl)C(=O)CN(c1cc(Cl)ccc1Cl)S(=O)(=O)c1ccccc1. The fraction of sp³-hybridized carbons (Fsp3) is 0.286. The van der Waals surface area contributed by atoms with Crippen LogP contribution in [0, 0.1) is 0 Å². The predicted molar refractivity (Wildman–Crippen MR) is 162 cm³/mol. The summed E-state index contributed by atoms with van der Waals surface area (Å²) in [5.74, 6) is -1.13. The Morgan fingerprint density at radius 2 is 1.48 bits per heavy atom. The maximum Gasteiger partial charge on any atom is 0.264 e. The molecule has 0 aliphatic carbocycles. The van der Waals surface area contributed by atoms with Crippen LogP contribution in [0.3, 0.4) is 0 Å². The zero-order valence-corrected chi connectivity index (χ0v) is 26.1. The second-order valence-electron chi connectivity index (χ2n) is 10.1. The Kier molecular flexibility index (Phi) is 10.4. The highest BCUT2D eigenvalue weighted by Gasteiger charge is 2.34. The van der Waals surface area contributed by atoms with E-state index in [9.17, 15) is 18.0 Å². The summed E-state index contributed by atoms with van der Waals surface area (Å²) >= 11 is 25.4. The largest absolute Gasteiger partial charge is 0.350 e. The van der Waals surface area contributed by atoms with Gasteiger partial charge in [-0.3, -0.25) is 13.9 Å². The molecule has 3 rings (SSSR count). The third-order valence-electron chi connectivity index (χ3n) is 5.84. The Morgan fingerprint density at radius 1 is 0.875 bits per heavy atom. The molecule has 0 aliphatic rings. The molecular formula is C28H29Cl4N3O4S. The van der Waals surface area contributed by atoms with E-state index in [0.717, 1.165) is 4.31 Å². The second kappa shape index (κ2) is 13.0. The minimum atomic E-state index is -4.30. The average Bonchev–Trinajstić information content (AvgIpc) is 2.87. The molecule has 2 amide bonds. The van der Waals surface area contributed by atoms with Crippen LogP contribution < -0.4 is 9.62 Å². The van der Waals surface area contributed by atoms with Gasteiger partial charge in [0.1, 0.15) is 12.6 Å². The third kappa shape index (κ3) is 7.83. The highest BCUT2D eigenvalue weighted by molar-refractivity contribution is 7.92. The van der Waals surface area contributed by atoms with Crippen molar-refractivity contribution in [1.82, 2.24) is 10.2 Å². The molecular weight excluding hydrogens is 616 g/mol. The topological polar surface area (TPSA) is 86.8 Å². The third-order valence-corrected chi connectivity index (χ3v) is 8.88. The number of nitrogens with zero attached hydrogens (tertiary/aromatic N) is 2. The van der Waals surface area contributed by atoms with Crippen molar-refractivity contribution in [3.8, 4) is 0 Å². The number of amides is 2. The van der Waals surface area contributed by atoms with E-state index >= 15 is 0 Å². The number of nitrogens with one attached hydrogen (secondary N) is 1. The molecule has 7 nitrogen and oxygen atoms in total. The van der Waals surface area contributed by atoms with E-state index in [1.54, 1.807) is 43.3 Å². The summed E-state index contributed by atoms with van der Waals surface area (Å²) in [4.78, 5) is 28.4. The van der Waals surface area contributed by atoms with Crippen LogP contribution in [-0.2, 0) is 26.2 Å². The molecule has 3 aromatic rings. The molecule has 214 valence electrons. The fourth-order valence-electron chi connectivity index (χ4n) is 3.82. The molecule has 12 heteroatoms. The van der Waals surface area contributed by atoms with Crippen LogP contribution in [0.1, 0.15) is 33.3 Å². The Hall–Kier alpha value is -2.49. The zero-order chi connectivity index (χ0) is 29.8. The van der Waals surface area contributed by atoms with Gasteiger partial charge in [0.05, 0.1) is 15.6 Å². The van der Waals surface area contributed by atoms with Gasteiger partial charge in [0.15, 0.2) is 0 Å². The van der Waals surface area contributed by atoms with Gasteiger partial charge in [0.2, 0.25) is 11.8 Å². The first-order valence-corrected chi connectivity index (χ1v) is 15.1.